The minimum absolute atomic E-state index is 0.114. The van der Waals surface area contributed by atoms with E-state index in [1.165, 1.54) is 17.3 Å². The zero-order valence-corrected chi connectivity index (χ0v) is 21.8. The summed E-state index contributed by atoms with van der Waals surface area (Å²) in [6, 6.07) is 23.3. The van der Waals surface area contributed by atoms with Crippen LogP contribution in [0.3, 0.4) is 0 Å². The van der Waals surface area contributed by atoms with Gasteiger partial charge in [0.1, 0.15) is 15.8 Å². The van der Waals surface area contributed by atoms with E-state index in [0.29, 0.717) is 39.8 Å². The van der Waals surface area contributed by atoms with Crippen LogP contribution < -0.4 is 9.47 Å². The summed E-state index contributed by atoms with van der Waals surface area (Å²) in [5.74, 6) is 1.40. The van der Waals surface area contributed by atoms with Crippen LogP contribution in [0.2, 0.25) is 5.02 Å². The third kappa shape index (κ3) is 6.88. The Morgan fingerprint density at radius 1 is 0.971 bits per heavy atom. The van der Waals surface area contributed by atoms with Crippen molar-refractivity contribution in [3.05, 3.63) is 99.4 Å². The van der Waals surface area contributed by atoms with E-state index in [-0.39, 0.29) is 5.91 Å². The molecule has 1 amide bonds. The third-order valence-corrected chi connectivity index (χ3v) is 7.07. The monoisotopic (exact) mass is 523 g/mol. The number of ether oxygens (including phenoxy) is 2. The molecule has 7 heteroatoms. The van der Waals surface area contributed by atoms with Gasteiger partial charge in [-0.3, -0.25) is 9.69 Å². The second kappa shape index (κ2) is 12.2. The summed E-state index contributed by atoms with van der Waals surface area (Å²) in [5.41, 5.74) is 3.06. The number of carbonyl (C=O) groups excluding carboxylic acids is 1. The van der Waals surface area contributed by atoms with Crippen molar-refractivity contribution in [2.75, 3.05) is 13.2 Å². The molecule has 0 spiro atoms. The fourth-order valence-corrected chi connectivity index (χ4v) is 4.99. The van der Waals surface area contributed by atoms with Crippen molar-refractivity contribution in [2.24, 2.45) is 0 Å². The Hall–Kier alpha value is -2.80. The number of amides is 1. The number of rotatable bonds is 10. The lowest BCUT2D eigenvalue weighted by Gasteiger charge is -2.14. The summed E-state index contributed by atoms with van der Waals surface area (Å²) in [7, 11) is 0. The van der Waals surface area contributed by atoms with Gasteiger partial charge >= 0.3 is 0 Å². The number of carbonyl (C=O) groups is 1. The maximum absolute atomic E-state index is 13.1. The fraction of sp³-hybridized carbons (Fsp3) is 0.214. The van der Waals surface area contributed by atoms with Crippen LogP contribution in [0.4, 0.5) is 0 Å². The molecule has 0 unspecified atom stereocenters. The topological polar surface area (TPSA) is 38.8 Å². The highest BCUT2D eigenvalue weighted by Gasteiger charge is 2.32. The van der Waals surface area contributed by atoms with Gasteiger partial charge in [0.2, 0.25) is 0 Å². The van der Waals surface area contributed by atoms with E-state index in [4.69, 9.17) is 33.3 Å². The lowest BCUT2D eigenvalue weighted by atomic mass is 10.1. The first kappa shape index (κ1) is 25.3. The van der Waals surface area contributed by atoms with Gasteiger partial charge in [-0.05, 0) is 54.0 Å². The molecule has 3 aromatic rings. The molecule has 4 nitrogen and oxygen atoms in total. The molecule has 0 aromatic heterocycles. The molecule has 0 aliphatic carbocycles. The highest BCUT2D eigenvalue weighted by atomic mass is 35.5. The average molecular weight is 524 g/mol. The van der Waals surface area contributed by atoms with E-state index in [9.17, 15) is 4.79 Å². The van der Waals surface area contributed by atoms with Gasteiger partial charge in [0.25, 0.3) is 5.91 Å². The molecule has 3 aromatic carbocycles. The molecule has 35 heavy (non-hydrogen) atoms. The quantitative estimate of drug-likeness (QED) is 0.160. The smallest absolute Gasteiger partial charge is 0.266 e. The number of aryl methyl sites for hydroxylation is 1. The van der Waals surface area contributed by atoms with Crippen LogP contribution in [-0.4, -0.2) is 28.3 Å². The lowest BCUT2D eigenvalue weighted by molar-refractivity contribution is -0.122. The number of thioether (sulfide) groups is 1. The maximum Gasteiger partial charge on any atom is 0.266 e. The first-order valence-electron chi connectivity index (χ1n) is 11.5. The highest BCUT2D eigenvalue weighted by molar-refractivity contribution is 8.26. The Morgan fingerprint density at radius 3 is 2.46 bits per heavy atom. The molecule has 0 saturated carbocycles. The molecule has 1 heterocycles. The van der Waals surface area contributed by atoms with Gasteiger partial charge in [0.05, 0.1) is 24.7 Å². The third-order valence-electron chi connectivity index (χ3n) is 5.46. The van der Waals surface area contributed by atoms with Crippen molar-refractivity contribution in [2.45, 2.75) is 26.3 Å². The van der Waals surface area contributed by atoms with Crippen molar-refractivity contribution in [1.29, 1.82) is 0 Å². The summed E-state index contributed by atoms with van der Waals surface area (Å²) >= 11 is 13.0. The van der Waals surface area contributed by atoms with Gasteiger partial charge in [-0.25, -0.2) is 0 Å². The minimum Gasteiger partial charge on any atom is -0.493 e. The highest BCUT2D eigenvalue weighted by Crippen LogP contribution is 2.36. The molecular formula is C28H26ClNO3S2. The summed E-state index contributed by atoms with van der Waals surface area (Å²) in [6.07, 6.45) is 3.53. The first-order valence-corrected chi connectivity index (χ1v) is 13.1. The van der Waals surface area contributed by atoms with Crippen molar-refractivity contribution in [3.8, 4) is 11.5 Å². The number of halogens is 1. The summed E-state index contributed by atoms with van der Waals surface area (Å²) in [4.78, 5) is 15.2. The van der Waals surface area contributed by atoms with Crippen molar-refractivity contribution in [3.63, 3.8) is 0 Å². The zero-order valence-electron chi connectivity index (χ0n) is 19.4. The summed E-state index contributed by atoms with van der Waals surface area (Å²) in [5, 5.41) is 0.572. The van der Waals surface area contributed by atoms with Gasteiger partial charge in [-0.2, -0.15) is 0 Å². The van der Waals surface area contributed by atoms with Crippen molar-refractivity contribution < 1.29 is 14.3 Å². The molecule has 0 N–H and O–H groups in total. The minimum atomic E-state index is -0.114. The molecule has 0 radical (unpaired) electrons. The van der Waals surface area contributed by atoms with Gasteiger partial charge in [0.15, 0.2) is 0 Å². The van der Waals surface area contributed by atoms with Crippen LogP contribution in [0.15, 0.2) is 77.7 Å². The Balaban J connectivity index is 1.37. The largest absolute Gasteiger partial charge is 0.493 e. The molecule has 0 atom stereocenters. The Morgan fingerprint density at radius 2 is 1.71 bits per heavy atom. The van der Waals surface area contributed by atoms with Crippen LogP contribution in [0.1, 0.15) is 30.0 Å². The van der Waals surface area contributed by atoms with Crippen LogP contribution in [0, 0.1) is 0 Å². The molecule has 1 aliphatic rings. The van der Waals surface area contributed by atoms with E-state index in [1.807, 2.05) is 48.5 Å². The average Bonchev–Trinajstić information content (AvgIpc) is 3.13. The van der Waals surface area contributed by atoms with E-state index >= 15 is 0 Å². The van der Waals surface area contributed by atoms with Gasteiger partial charge in [0, 0.05) is 17.0 Å². The lowest BCUT2D eigenvalue weighted by Crippen LogP contribution is -2.27. The maximum atomic E-state index is 13.1. The second-order valence-corrected chi connectivity index (χ2v) is 10.1. The molecule has 1 fully saturated rings. The fourth-order valence-electron chi connectivity index (χ4n) is 3.56. The number of hydrogen-bond acceptors (Lipinski definition) is 5. The van der Waals surface area contributed by atoms with Crippen LogP contribution >= 0.6 is 35.6 Å². The summed E-state index contributed by atoms with van der Waals surface area (Å²) < 4.78 is 12.4. The van der Waals surface area contributed by atoms with Crippen molar-refractivity contribution in [1.82, 2.24) is 4.90 Å². The normalized spacial score (nSPS) is 14.6. The Kier molecular flexibility index (Phi) is 8.85. The van der Waals surface area contributed by atoms with Crippen LogP contribution in [0.25, 0.3) is 6.08 Å². The summed E-state index contributed by atoms with van der Waals surface area (Å²) in [6.45, 7) is 3.60. The predicted molar refractivity (Wildman–Crippen MR) is 148 cm³/mol. The molecular weight excluding hydrogens is 498 g/mol. The number of thiocarbonyl (C=S) groups is 1. The van der Waals surface area contributed by atoms with E-state index in [2.05, 4.69) is 19.1 Å². The van der Waals surface area contributed by atoms with E-state index < -0.39 is 0 Å². The van der Waals surface area contributed by atoms with E-state index in [1.54, 1.807) is 23.1 Å². The van der Waals surface area contributed by atoms with Crippen molar-refractivity contribution >= 4 is 51.9 Å². The van der Waals surface area contributed by atoms with E-state index in [0.717, 1.165) is 29.7 Å². The molecule has 1 aliphatic heterocycles. The van der Waals surface area contributed by atoms with Crippen LogP contribution in [0.5, 0.6) is 11.5 Å². The van der Waals surface area contributed by atoms with Crippen LogP contribution in [-0.2, 0) is 17.8 Å². The molecule has 4 rings (SSSR count). The first-order chi connectivity index (χ1) is 17.0. The van der Waals surface area contributed by atoms with Gasteiger partial charge < -0.3 is 9.47 Å². The Bertz CT molecular complexity index is 1210. The molecule has 0 bridgehead atoms. The SMILES string of the molecule is CCc1ccc(OCCCOc2ccc(Cl)cc2/C=C2\SC(=S)N(Cc3ccccc3)C2=O)cc1. The predicted octanol–water partition coefficient (Wildman–Crippen LogP) is 7.15. The second-order valence-electron chi connectivity index (χ2n) is 7.98. The van der Waals surface area contributed by atoms with Gasteiger partial charge in [-0.15, -0.1) is 0 Å². The number of nitrogens with zero attached hydrogens (tertiary/aromatic N) is 1. The van der Waals surface area contributed by atoms with Gasteiger partial charge in [-0.1, -0.05) is 85.0 Å². The molecule has 180 valence electrons. The number of hydrogen-bond donors (Lipinski definition) is 0. The number of benzene rings is 3. The standard InChI is InChI=1S/C28H26ClNO3S2/c1-2-20-9-12-24(13-10-20)32-15-6-16-33-25-14-11-23(29)17-22(25)18-26-27(31)30(28(34)35-26)19-21-7-4-3-5-8-21/h3-5,7-14,17-18H,2,6,15-16,19H2,1H3/b26-18-. The Labute approximate surface area is 220 Å². The molecule has 1 saturated heterocycles. The zero-order chi connectivity index (χ0) is 24.6.